The molecule has 1 rings (SSSR count). The van der Waals surface area contributed by atoms with E-state index in [4.69, 9.17) is 17.3 Å². The highest BCUT2D eigenvalue weighted by molar-refractivity contribution is 8.22. The zero-order valence-corrected chi connectivity index (χ0v) is 7.37. The van der Waals surface area contributed by atoms with Crippen LogP contribution in [0.5, 0.6) is 0 Å². The first-order valence-electron chi connectivity index (χ1n) is 3.03. The molecule has 62 valence electrons. The van der Waals surface area contributed by atoms with E-state index in [9.17, 15) is 4.79 Å². The summed E-state index contributed by atoms with van der Waals surface area (Å²) in [4.78, 5) is 12.0. The summed E-state index contributed by atoms with van der Waals surface area (Å²) >= 11 is 6.30. The van der Waals surface area contributed by atoms with E-state index in [2.05, 4.69) is 5.32 Å². The van der Waals surface area contributed by atoms with Gasteiger partial charge in [-0.05, 0) is 0 Å². The maximum Gasteiger partial charge on any atom is 0.317 e. The Morgan fingerprint density at radius 2 is 2.64 bits per heavy atom. The number of rotatable bonds is 2. The Balaban J connectivity index is 2.28. The van der Waals surface area contributed by atoms with Crippen molar-refractivity contribution < 1.29 is 9.90 Å². The molecule has 1 aliphatic heterocycles. The lowest BCUT2D eigenvalue weighted by Crippen LogP contribution is -2.43. The normalized spacial score (nSPS) is 19.5. The number of hydrogen-bond donors (Lipinski definition) is 2. The largest absolute Gasteiger partial charge is 0.480 e. The predicted octanol–water partition coefficient (Wildman–Crippen LogP) is -0.0907. The molecule has 0 saturated carbocycles. The van der Waals surface area contributed by atoms with Gasteiger partial charge >= 0.3 is 5.97 Å². The van der Waals surface area contributed by atoms with Gasteiger partial charge in [0.1, 0.15) is 4.32 Å². The molecule has 1 heterocycles. The van der Waals surface area contributed by atoms with Crippen molar-refractivity contribution in [2.75, 3.05) is 19.1 Å². The smallest absolute Gasteiger partial charge is 0.317 e. The summed E-state index contributed by atoms with van der Waals surface area (Å²) in [5, 5.41) is 11.3. The van der Waals surface area contributed by atoms with Crippen LogP contribution in [0.2, 0.25) is 0 Å². The van der Waals surface area contributed by atoms with Gasteiger partial charge in [-0.3, -0.25) is 9.69 Å². The minimum atomic E-state index is -0.805. The average molecular weight is 192 g/mol. The van der Waals surface area contributed by atoms with E-state index < -0.39 is 5.97 Å². The fourth-order valence-electron chi connectivity index (χ4n) is 0.716. The molecule has 0 aliphatic carbocycles. The molecule has 2 N–H and O–H groups in total. The fourth-order valence-corrected chi connectivity index (χ4v) is 1.59. The van der Waals surface area contributed by atoms with Crippen LogP contribution in [-0.4, -0.2) is 39.4 Å². The molecule has 0 aromatic carbocycles. The number of carboxylic acids is 1. The Bertz CT molecular complexity index is 175. The van der Waals surface area contributed by atoms with Crippen LogP contribution in [0.3, 0.4) is 0 Å². The zero-order valence-electron chi connectivity index (χ0n) is 5.74. The number of thiocarbonyl (C=S) groups is 1. The van der Waals surface area contributed by atoms with Crippen LogP contribution in [0.15, 0.2) is 0 Å². The van der Waals surface area contributed by atoms with Crippen LogP contribution >= 0.6 is 24.0 Å². The third-order valence-corrected chi connectivity index (χ3v) is 2.58. The average Bonchev–Trinajstić information content (AvgIpc) is 1.93. The molecular formula is C5H8N2O2S2. The van der Waals surface area contributed by atoms with Gasteiger partial charge in [-0.1, -0.05) is 24.0 Å². The standard InChI is InChI=1S/C5H8N2O2S2/c8-4(9)1-7-2-6-5(10)11-3-7/h1-3H2,(H,6,10)(H,8,9). The molecule has 4 nitrogen and oxygen atoms in total. The quantitative estimate of drug-likeness (QED) is 0.596. The highest BCUT2D eigenvalue weighted by Crippen LogP contribution is 2.09. The molecule has 11 heavy (non-hydrogen) atoms. The monoisotopic (exact) mass is 192 g/mol. The van der Waals surface area contributed by atoms with Crippen LogP contribution < -0.4 is 5.32 Å². The van der Waals surface area contributed by atoms with E-state index in [1.54, 1.807) is 4.90 Å². The summed E-state index contributed by atoms with van der Waals surface area (Å²) in [6.07, 6.45) is 0. The molecule has 6 heteroatoms. The lowest BCUT2D eigenvalue weighted by atomic mass is 10.6. The number of carbonyl (C=O) groups is 1. The van der Waals surface area contributed by atoms with Crippen LogP contribution in [-0.2, 0) is 4.79 Å². The Morgan fingerprint density at radius 3 is 3.09 bits per heavy atom. The lowest BCUT2D eigenvalue weighted by Gasteiger charge is -2.25. The first-order chi connectivity index (χ1) is 5.18. The maximum absolute atomic E-state index is 10.2. The van der Waals surface area contributed by atoms with Gasteiger partial charge in [0.2, 0.25) is 0 Å². The van der Waals surface area contributed by atoms with Gasteiger partial charge in [-0.25, -0.2) is 0 Å². The third kappa shape index (κ3) is 3.04. The number of nitrogens with zero attached hydrogens (tertiary/aromatic N) is 1. The molecule has 0 unspecified atom stereocenters. The second-order valence-corrected chi connectivity index (χ2v) is 3.74. The van der Waals surface area contributed by atoms with Crippen molar-refractivity contribution in [3.8, 4) is 0 Å². The summed E-state index contributed by atoms with van der Waals surface area (Å²) in [6.45, 7) is 0.612. The molecule has 0 amide bonds. The topological polar surface area (TPSA) is 52.6 Å². The molecule has 1 aliphatic rings. The molecule has 0 spiro atoms. The van der Waals surface area contributed by atoms with Crippen LogP contribution in [0, 0.1) is 0 Å². The molecular weight excluding hydrogens is 184 g/mol. The van der Waals surface area contributed by atoms with E-state index in [1.165, 1.54) is 11.8 Å². The molecule has 1 fully saturated rings. The van der Waals surface area contributed by atoms with E-state index in [0.717, 1.165) is 4.32 Å². The van der Waals surface area contributed by atoms with Crippen LogP contribution in [0.25, 0.3) is 0 Å². The Hall–Kier alpha value is -0.330. The van der Waals surface area contributed by atoms with Crippen LogP contribution in [0.1, 0.15) is 0 Å². The van der Waals surface area contributed by atoms with E-state index >= 15 is 0 Å². The lowest BCUT2D eigenvalue weighted by molar-refractivity contribution is -0.138. The summed E-state index contributed by atoms with van der Waals surface area (Å²) in [5.41, 5.74) is 0. The van der Waals surface area contributed by atoms with Crippen molar-refractivity contribution in [3.05, 3.63) is 0 Å². The Labute approximate surface area is 73.9 Å². The van der Waals surface area contributed by atoms with Crippen molar-refractivity contribution in [3.63, 3.8) is 0 Å². The third-order valence-electron chi connectivity index (χ3n) is 1.18. The van der Waals surface area contributed by atoms with Gasteiger partial charge in [0, 0.05) is 0 Å². The van der Waals surface area contributed by atoms with Crippen LogP contribution in [0.4, 0.5) is 0 Å². The van der Waals surface area contributed by atoms with Crippen molar-refractivity contribution in [2.45, 2.75) is 0 Å². The van der Waals surface area contributed by atoms with E-state index in [1.807, 2.05) is 0 Å². The Kier molecular flexibility index (Phi) is 3.10. The summed E-state index contributed by atoms with van der Waals surface area (Å²) in [5.74, 6) is -0.141. The molecule has 1 saturated heterocycles. The van der Waals surface area contributed by atoms with Crippen molar-refractivity contribution in [2.24, 2.45) is 0 Å². The predicted molar refractivity (Wildman–Crippen MR) is 47.4 cm³/mol. The maximum atomic E-state index is 10.2. The van der Waals surface area contributed by atoms with Gasteiger partial charge < -0.3 is 10.4 Å². The number of carboxylic acid groups (broad SMARTS) is 1. The summed E-state index contributed by atoms with van der Waals surface area (Å²) in [7, 11) is 0. The summed E-state index contributed by atoms with van der Waals surface area (Å²) < 4.78 is 0.742. The molecule has 0 bridgehead atoms. The van der Waals surface area contributed by atoms with E-state index in [0.29, 0.717) is 12.5 Å². The zero-order chi connectivity index (χ0) is 8.27. The van der Waals surface area contributed by atoms with Crippen molar-refractivity contribution >= 4 is 34.3 Å². The summed E-state index contributed by atoms with van der Waals surface area (Å²) in [6, 6.07) is 0. The van der Waals surface area contributed by atoms with E-state index in [-0.39, 0.29) is 6.54 Å². The minimum absolute atomic E-state index is 0.0720. The molecule has 0 aromatic heterocycles. The number of hydrogen-bond acceptors (Lipinski definition) is 4. The minimum Gasteiger partial charge on any atom is -0.480 e. The van der Waals surface area contributed by atoms with Gasteiger partial charge in [0.25, 0.3) is 0 Å². The first-order valence-corrected chi connectivity index (χ1v) is 4.42. The van der Waals surface area contributed by atoms with Crippen molar-refractivity contribution in [1.29, 1.82) is 0 Å². The molecule has 0 atom stereocenters. The highest BCUT2D eigenvalue weighted by atomic mass is 32.2. The Morgan fingerprint density at radius 1 is 1.91 bits per heavy atom. The second-order valence-electron chi connectivity index (χ2n) is 2.12. The fraction of sp³-hybridized carbons (Fsp3) is 0.600. The molecule has 0 radical (unpaired) electrons. The SMILES string of the molecule is O=C(O)CN1CNC(=S)SC1. The first kappa shape index (κ1) is 8.76. The van der Waals surface area contributed by atoms with Gasteiger partial charge in [0.15, 0.2) is 0 Å². The number of aliphatic carboxylic acids is 1. The second kappa shape index (κ2) is 3.89. The molecule has 0 aromatic rings. The van der Waals surface area contributed by atoms with Gasteiger partial charge in [0.05, 0.1) is 19.1 Å². The van der Waals surface area contributed by atoms with Gasteiger partial charge in [-0.2, -0.15) is 0 Å². The van der Waals surface area contributed by atoms with Gasteiger partial charge in [-0.15, -0.1) is 0 Å². The van der Waals surface area contributed by atoms with Crippen molar-refractivity contribution in [1.82, 2.24) is 10.2 Å². The number of thioether (sulfide) groups is 1. The number of nitrogens with one attached hydrogen (secondary N) is 1. The highest BCUT2D eigenvalue weighted by Gasteiger charge is 2.14.